The van der Waals surface area contributed by atoms with Crippen LogP contribution in [-0.2, 0) is 0 Å². The van der Waals surface area contributed by atoms with E-state index in [0.717, 1.165) is 23.1 Å². The summed E-state index contributed by atoms with van der Waals surface area (Å²) in [6.45, 7) is 9.29. The Labute approximate surface area is 106 Å². The number of oxazole rings is 1. The minimum atomic E-state index is 0.163. The van der Waals surface area contributed by atoms with Gasteiger partial charge in [-0.2, -0.15) is 0 Å². The minimum Gasteiger partial charge on any atom is -0.438 e. The third kappa shape index (κ3) is 2.58. The van der Waals surface area contributed by atoms with Gasteiger partial charge >= 0.3 is 0 Å². The maximum absolute atomic E-state index is 5.79. The Balaban J connectivity index is 2.23. The highest BCUT2D eigenvalue weighted by Gasteiger charge is 2.13. The Morgan fingerprint density at radius 2 is 2.24 bits per heavy atom. The molecule has 0 aliphatic rings. The lowest BCUT2D eigenvalue weighted by molar-refractivity contribution is 0.429. The normalized spacial score (nSPS) is 12.9. The fourth-order valence-corrected chi connectivity index (χ4v) is 2.67. The average Bonchev–Trinajstić information content (AvgIpc) is 2.87. The monoisotopic (exact) mass is 250 g/mol. The first-order valence-electron chi connectivity index (χ1n) is 5.88. The van der Waals surface area contributed by atoms with E-state index in [1.54, 1.807) is 11.3 Å². The van der Waals surface area contributed by atoms with Gasteiger partial charge < -0.3 is 9.73 Å². The molecule has 2 aromatic heterocycles. The van der Waals surface area contributed by atoms with Gasteiger partial charge in [0, 0.05) is 4.88 Å². The molecule has 92 valence electrons. The van der Waals surface area contributed by atoms with Crippen LogP contribution in [-0.4, -0.2) is 11.5 Å². The molecule has 0 aliphatic heterocycles. The largest absolute Gasteiger partial charge is 0.438 e. The van der Waals surface area contributed by atoms with Crippen molar-refractivity contribution >= 4 is 11.3 Å². The molecule has 0 amide bonds. The van der Waals surface area contributed by atoms with Crippen LogP contribution in [0.3, 0.4) is 0 Å². The molecular weight excluding hydrogens is 232 g/mol. The van der Waals surface area contributed by atoms with E-state index in [-0.39, 0.29) is 6.04 Å². The Kier molecular flexibility index (Phi) is 3.64. The van der Waals surface area contributed by atoms with Crippen molar-refractivity contribution in [1.29, 1.82) is 0 Å². The summed E-state index contributed by atoms with van der Waals surface area (Å²) in [5.41, 5.74) is 1.31. The van der Waals surface area contributed by atoms with Crippen molar-refractivity contribution in [2.45, 2.75) is 33.7 Å². The number of aryl methyl sites for hydroxylation is 2. The Bertz CT molecular complexity index is 482. The molecule has 0 aromatic carbocycles. The predicted molar refractivity (Wildman–Crippen MR) is 71.4 cm³/mol. The lowest BCUT2D eigenvalue weighted by atomic mass is 10.3. The molecule has 2 heterocycles. The second-order valence-electron chi connectivity index (χ2n) is 4.19. The molecule has 3 nitrogen and oxygen atoms in total. The van der Waals surface area contributed by atoms with Crippen LogP contribution >= 0.6 is 11.3 Å². The molecular formula is C13H18N2OS. The van der Waals surface area contributed by atoms with Crippen molar-refractivity contribution < 1.29 is 4.42 Å². The van der Waals surface area contributed by atoms with Gasteiger partial charge in [-0.3, -0.25) is 0 Å². The van der Waals surface area contributed by atoms with Crippen molar-refractivity contribution in [2.24, 2.45) is 0 Å². The highest BCUT2D eigenvalue weighted by atomic mass is 32.1. The molecule has 0 radical (unpaired) electrons. The molecule has 0 bridgehead atoms. The lowest BCUT2D eigenvalue weighted by Gasteiger charge is -2.06. The summed E-state index contributed by atoms with van der Waals surface area (Å²) in [7, 11) is 0. The molecule has 1 N–H and O–H groups in total. The van der Waals surface area contributed by atoms with Crippen molar-refractivity contribution in [3.8, 4) is 10.6 Å². The first-order valence-corrected chi connectivity index (χ1v) is 6.70. The fourth-order valence-electron chi connectivity index (χ4n) is 1.69. The van der Waals surface area contributed by atoms with Crippen LogP contribution < -0.4 is 5.32 Å². The topological polar surface area (TPSA) is 38.1 Å². The van der Waals surface area contributed by atoms with Crippen LogP contribution in [0.5, 0.6) is 0 Å². The van der Waals surface area contributed by atoms with Gasteiger partial charge in [-0.1, -0.05) is 6.92 Å². The van der Waals surface area contributed by atoms with Crippen molar-refractivity contribution in [3.63, 3.8) is 0 Å². The van der Waals surface area contributed by atoms with Crippen LogP contribution in [0.25, 0.3) is 10.6 Å². The second kappa shape index (κ2) is 5.02. The molecule has 2 rings (SSSR count). The zero-order chi connectivity index (χ0) is 12.4. The molecule has 2 aromatic rings. The summed E-state index contributed by atoms with van der Waals surface area (Å²) < 4.78 is 5.79. The zero-order valence-electron chi connectivity index (χ0n) is 10.7. The van der Waals surface area contributed by atoms with Crippen LogP contribution in [0.4, 0.5) is 0 Å². The molecule has 0 saturated carbocycles. The lowest BCUT2D eigenvalue weighted by Crippen LogP contribution is -2.17. The molecule has 1 unspecified atom stereocenters. The van der Waals surface area contributed by atoms with E-state index in [2.05, 4.69) is 44.1 Å². The summed E-state index contributed by atoms with van der Waals surface area (Å²) in [4.78, 5) is 6.81. The van der Waals surface area contributed by atoms with E-state index in [1.165, 1.54) is 10.4 Å². The van der Waals surface area contributed by atoms with Gasteiger partial charge in [-0.05, 0) is 38.9 Å². The summed E-state index contributed by atoms with van der Waals surface area (Å²) >= 11 is 1.75. The SMILES string of the molecule is CCNC(C)c1ncc(-c2cc(C)c(C)s2)o1. The molecule has 0 spiro atoms. The molecule has 4 heteroatoms. The second-order valence-corrected chi connectivity index (χ2v) is 5.45. The molecule has 1 atom stereocenters. The Morgan fingerprint density at radius 3 is 2.82 bits per heavy atom. The van der Waals surface area contributed by atoms with Gasteiger partial charge in [0.15, 0.2) is 5.76 Å². The Morgan fingerprint density at radius 1 is 1.47 bits per heavy atom. The van der Waals surface area contributed by atoms with Gasteiger partial charge in [0.2, 0.25) is 5.89 Å². The van der Waals surface area contributed by atoms with E-state index in [1.807, 2.05) is 6.20 Å². The average molecular weight is 250 g/mol. The number of thiophene rings is 1. The van der Waals surface area contributed by atoms with Crippen LogP contribution in [0.1, 0.15) is 36.2 Å². The number of aromatic nitrogens is 1. The van der Waals surface area contributed by atoms with Gasteiger partial charge in [0.1, 0.15) is 0 Å². The maximum Gasteiger partial charge on any atom is 0.211 e. The molecule has 0 saturated heterocycles. The summed E-state index contributed by atoms with van der Waals surface area (Å²) in [5, 5.41) is 3.29. The summed E-state index contributed by atoms with van der Waals surface area (Å²) in [6, 6.07) is 2.32. The molecule has 17 heavy (non-hydrogen) atoms. The van der Waals surface area contributed by atoms with E-state index in [4.69, 9.17) is 4.42 Å². The molecule has 0 aliphatic carbocycles. The van der Waals surface area contributed by atoms with Crippen LogP contribution in [0.15, 0.2) is 16.7 Å². The van der Waals surface area contributed by atoms with Crippen molar-refractivity contribution in [3.05, 3.63) is 28.6 Å². The number of nitrogens with one attached hydrogen (secondary N) is 1. The van der Waals surface area contributed by atoms with Gasteiger partial charge in [-0.25, -0.2) is 4.98 Å². The van der Waals surface area contributed by atoms with E-state index in [9.17, 15) is 0 Å². The first kappa shape index (κ1) is 12.3. The van der Waals surface area contributed by atoms with E-state index >= 15 is 0 Å². The number of nitrogens with zero attached hydrogens (tertiary/aromatic N) is 1. The van der Waals surface area contributed by atoms with E-state index in [0.29, 0.717) is 0 Å². The van der Waals surface area contributed by atoms with Crippen molar-refractivity contribution in [1.82, 2.24) is 10.3 Å². The van der Waals surface area contributed by atoms with Gasteiger partial charge in [0.05, 0.1) is 17.1 Å². The number of rotatable bonds is 4. The first-order chi connectivity index (χ1) is 8.11. The van der Waals surface area contributed by atoms with E-state index < -0.39 is 0 Å². The summed E-state index contributed by atoms with van der Waals surface area (Å²) in [5.74, 6) is 1.62. The van der Waals surface area contributed by atoms with Gasteiger partial charge in [-0.15, -0.1) is 11.3 Å². The minimum absolute atomic E-state index is 0.163. The third-order valence-corrected chi connectivity index (χ3v) is 3.98. The zero-order valence-corrected chi connectivity index (χ0v) is 11.5. The Hall–Kier alpha value is -1.13. The highest BCUT2D eigenvalue weighted by Crippen LogP contribution is 2.31. The van der Waals surface area contributed by atoms with Crippen LogP contribution in [0, 0.1) is 13.8 Å². The number of hydrogen-bond donors (Lipinski definition) is 1. The van der Waals surface area contributed by atoms with Crippen molar-refractivity contribution in [2.75, 3.05) is 6.54 Å². The predicted octanol–water partition coefficient (Wildman–Crippen LogP) is 3.69. The maximum atomic E-state index is 5.79. The molecule has 0 fully saturated rings. The fraction of sp³-hybridized carbons (Fsp3) is 0.462. The quantitative estimate of drug-likeness (QED) is 0.899. The highest BCUT2D eigenvalue weighted by molar-refractivity contribution is 7.15. The smallest absolute Gasteiger partial charge is 0.211 e. The third-order valence-electron chi connectivity index (χ3n) is 2.81. The summed E-state index contributed by atoms with van der Waals surface area (Å²) in [6.07, 6.45) is 1.81. The standard InChI is InChI=1S/C13H18N2OS/c1-5-14-9(3)13-15-7-11(16-13)12-6-8(2)10(4)17-12/h6-7,9,14H,5H2,1-4H3. The van der Waals surface area contributed by atoms with Gasteiger partial charge in [0.25, 0.3) is 0 Å². The number of hydrogen-bond acceptors (Lipinski definition) is 4. The van der Waals surface area contributed by atoms with Crippen LogP contribution in [0.2, 0.25) is 0 Å².